The normalized spacial score (nSPS) is 14.1. The summed E-state index contributed by atoms with van der Waals surface area (Å²) in [5, 5.41) is 13.6. The van der Waals surface area contributed by atoms with E-state index in [1.54, 1.807) is 31.6 Å². The molecule has 3 heterocycles. The molecule has 2 atom stereocenters. The van der Waals surface area contributed by atoms with Gasteiger partial charge in [0.15, 0.2) is 0 Å². The summed E-state index contributed by atoms with van der Waals surface area (Å²) in [6.45, 7) is 1.61. The van der Waals surface area contributed by atoms with E-state index in [4.69, 9.17) is 5.26 Å². The Kier molecular flexibility index (Phi) is 2.91. The van der Waals surface area contributed by atoms with Crippen LogP contribution in [0.1, 0.15) is 13.0 Å². The van der Waals surface area contributed by atoms with E-state index in [0.29, 0.717) is 0 Å². The number of nitrogens with one attached hydrogen (secondary N) is 1. The minimum Gasteiger partial charge on any atom is -0.346 e. The second-order valence-corrected chi connectivity index (χ2v) is 4.44. The lowest BCUT2D eigenvalue weighted by Gasteiger charge is -2.10. The van der Waals surface area contributed by atoms with Gasteiger partial charge in [0.25, 0.3) is 0 Å². The number of aromatic nitrogens is 5. The molecule has 0 spiro atoms. The molecule has 0 aliphatic carbocycles. The molecule has 3 aromatic heterocycles. The van der Waals surface area contributed by atoms with E-state index in [9.17, 15) is 4.39 Å². The summed E-state index contributed by atoms with van der Waals surface area (Å²) >= 11 is 0. The van der Waals surface area contributed by atoms with Crippen LogP contribution in [0.2, 0.25) is 0 Å². The van der Waals surface area contributed by atoms with Crippen molar-refractivity contribution in [2.45, 2.75) is 19.1 Å². The number of alkyl halides is 1. The molecular weight excluding hydrogens is 259 g/mol. The van der Waals surface area contributed by atoms with Crippen molar-refractivity contribution in [3.8, 4) is 17.3 Å². The highest BCUT2D eigenvalue weighted by Crippen LogP contribution is 2.25. The molecule has 100 valence electrons. The van der Waals surface area contributed by atoms with Crippen LogP contribution in [-0.2, 0) is 0 Å². The summed E-state index contributed by atoms with van der Waals surface area (Å²) < 4.78 is 14.8. The third kappa shape index (κ3) is 1.91. The molecule has 1 N–H and O–H groups in total. The van der Waals surface area contributed by atoms with Gasteiger partial charge in [-0.1, -0.05) is 0 Å². The summed E-state index contributed by atoms with van der Waals surface area (Å²) in [7, 11) is 0. The van der Waals surface area contributed by atoms with Crippen molar-refractivity contribution in [1.82, 2.24) is 24.7 Å². The van der Waals surface area contributed by atoms with Crippen LogP contribution in [0.25, 0.3) is 22.3 Å². The number of halogens is 1. The smallest absolute Gasteiger partial charge is 0.208 e. The molecule has 7 heteroatoms. The molecule has 0 saturated carbocycles. The minimum absolute atomic E-state index is 0.641. The molecule has 6 nitrogen and oxygen atoms in total. The zero-order valence-electron chi connectivity index (χ0n) is 10.7. The Morgan fingerprint density at radius 1 is 1.45 bits per heavy atom. The van der Waals surface area contributed by atoms with Gasteiger partial charge in [-0.15, -0.1) is 0 Å². The fourth-order valence-electron chi connectivity index (χ4n) is 2.03. The lowest BCUT2D eigenvalue weighted by atomic mass is 10.2. The van der Waals surface area contributed by atoms with Crippen molar-refractivity contribution in [2.75, 3.05) is 0 Å². The van der Waals surface area contributed by atoms with E-state index < -0.39 is 12.2 Å². The van der Waals surface area contributed by atoms with Crippen LogP contribution in [0.4, 0.5) is 4.39 Å². The highest BCUT2D eigenvalue weighted by Gasteiger charge is 2.19. The Hall–Kier alpha value is -2.75. The van der Waals surface area contributed by atoms with Gasteiger partial charge in [0.1, 0.15) is 18.0 Å². The monoisotopic (exact) mass is 270 g/mol. The molecule has 0 aliphatic rings. The highest BCUT2D eigenvalue weighted by molar-refractivity contribution is 5.89. The average molecular weight is 270 g/mol. The molecule has 0 aliphatic heterocycles. The Morgan fingerprint density at radius 3 is 3.10 bits per heavy atom. The van der Waals surface area contributed by atoms with Crippen LogP contribution in [-0.4, -0.2) is 30.9 Å². The van der Waals surface area contributed by atoms with Gasteiger partial charge in [0, 0.05) is 23.3 Å². The van der Waals surface area contributed by atoms with E-state index in [1.165, 1.54) is 11.0 Å². The summed E-state index contributed by atoms with van der Waals surface area (Å²) in [6.07, 6.45) is 4.93. The summed E-state index contributed by atoms with van der Waals surface area (Å²) in [5.74, 6) is 0. The topological polar surface area (TPSA) is 83.2 Å². The number of H-pyrrole nitrogens is 1. The first-order valence-electron chi connectivity index (χ1n) is 6.07. The van der Waals surface area contributed by atoms with E-state index in [0.717, 1.165) is 22.3 Å². The largest absolute Gasteiger partial charge is 0.346 e. The maximum absolute atomic E-state index is 13.4. The van der Waals surface area contributed by atoms with E-state index in [-0.39, 0.29) is 0 Å². The third-order valence-corrected chi connectivity index (χ3v) is 3.19. The minimum atomic E-state index is -1.60. The molecule has 0 bridgehead atoms. The van der Waals surface area contributed by atoms with Crippen LogP contribution < -0.4 is 0 Å². The molecule has 3 aromatic rings. The molecule has 0 fully saturated rings. The third-order valence-electron chi connectivity index (χ3n) is 3.19. The van der Waals surface area contributed by atoms with Gasteiger partial charge >= 0.3 is 0 Å². The van der Waals surface area contributed by atoms with Crippen molar-refractivity contribution in [3.05, 3.63) is 31.0 Å². The maximum Gasteiger partial charge on any atom is 0.208 e. The molecule has 20 heavy (non-hydrogen) atoms. The van der Waals surface area contributed by atoms with Crippen molar-refractivity contribution < 1.29 is 4.39 Å². The fourth-order valence-corrected chi connectivity index (χ4v) is 2.03. The van der Waals surface area contributed by atoms with Gasteiger partial charge in [-0.25, -0.2) is 14.4 Å². The first-order chi connectivity index (χ1) is 9.70. The second kappa shape index (κ2) is 4.74. The number of nitriles is 1. The predicted molar refractivity (Wildman–Crippen MR) is 70.3 cm³/mol. The second-order valence-electron chi connectivity index (χ2n) is 4.44. The number of fused-ring (bicyclic) bond motifs is 1. The predicted octanol–water partition coefficient (Wildman–Crippen LogP) is 2.24. The Labute approximate surface area is 113 Å². The SMILES string of the molecule is CC(C(F)C#N)n1cc(-c2ncnc3[nH]ccc23)cn1. The van der Waals surface area contributed by atoms with Crippen LogP contribution in [0, 0.1) is 11.3 Å². The van der Waals surface area contributed by atoms with Gasteiger partial charge in [-0.05, 0) is 13.0 Å². The molecular formula is C13H11FN6. The average Bonchev–Trinajstić information content (AvgIpc) is 3.13. The van der Waals surface area contributed by atoms with Crippen LogP contribution in [0.5, 0.6) is 0 Å². The Bertz CT molecular complexity index is 783. The van der Waals surface area contributed by atoms with Crippen molar-refractivity contribution in [3.63, 3.8) is 0 Å². The zero-order chi connectivity index (χ0) is 14.1. The molecule has 0 amide bonds. The van der Waals surface area contributed by atoms with Crippen molar-refractivity contribution in [1.29, 1.82) is 5.26 Å². The van der Waals surface area contributed by atoms with Gasteiger partial charge in [-0.3, -0.25) is 4.68 Å². The summed E-state index contributed by atoms with van der Waals surface area (Å²) in [6, 6.07) is 2.81. The molecule has 0 saturated heterocycles. The molecule has 0 radical (unpaired) electrons. The Balaban J connectivity index is 2.02. The number of hydrogen-bond donors (Lipinski definition) is 1. The van der Waals surface area contributed by atoms with Crippen LogP contribution in [0.3, 0.4) is 0 Å². The van der Waals surface area contributed by atoms with Gasteiger partial charge in [-0.2, -0.15) is 10.4 Å². The van der Waals surface area contributed by atoms with Gasteiger partial charge < -0.3 is 4.98 Å². The number of rotatable bonds is 3. The van der Waals surface area contributed by atoms with Crippen molar-refractivity contribution in [2.24, 2.45) is 0 Å². The molecule has 0 aromatic carbocycles. The highest BCUT2D eigenvalue weighted by atomic mass is 19.1. The molecule has 2 unspecified atom stereocenters. The quantitative estimate of drug-likeness (QED) is 0.791. The lowest BCUT2D eigenvalue weighted by molar-refractivity contribution is 0.288. The van der Waals surface area contributed by atoms with Crippen molar-refractivity contribution >= 4 is 11.0 Å². The molecule has 3 rings (SSSR count). The first kappa shape index (κ1) is 12.3. The van der Waals surface area contributed by atoms with Crippen LogP contribution >= 0.6 is 0 Å². The Morgan fingerprint density at radius 2 is 2.30 bits per heavy atom. The zero-order valence-corrected chi connectivity index (χ0v) is 10.7. The van der Waals surface area contributed by atoms with E-state index >= 15 is 0 Å². The number of nitrogens with zero attached hydrogens (tertiary/aromatic N) is 5. The maximum atomic E-state index is 13.4. The summed E-state index contributed by atoms with van der Waals surface area (Å²) in [4.78, 5) is 11.4. The van der Waals surface area contributed by atoms with E-state index in [2.05, 4.69) is 20.1 Å². The van der Waals surface area contributed by atoms with Gasteiger partial charge in [0.05, 0.1) is 17.9 Å². The first-order valence-corrected chi connectivity index (χ1v) is 6.07. The lowest BCUT2D eigenvalue weighted by Crippen LogP contribution is -2.16. The standard InChI is InChI=1S/C13H11FN6/c1-8(11(14)4-15)20-6-9(5-19-20)12-10-2-3-16-13(10)18-7-17-12/h2-3,5-8,11H,1H3,(H,16,17,18). The van der Waals surface area contributed by atoms with Crippen LogP contribution in [0.15, 0.2) is 31.0 Å². The number of aromatic amines is 1. The fraction of sp³-hybridized carbons (Fsp3) is 0.231. The van der Waals surface area contributed by atoms with E-state index in [1.807, 2.05) is 6.07 Å². The number of hydrogen-bond acceptors (Lipinski definition) is 4. The summed E-state index contributed by atoms with van der Waals surface area (Å²) in [5.41, 5.74) is 2.22. The van der Waals surface area contributed by atoms with Gasteiger partial charge in [0.2, 0.25) is 6.17 Å².